The van der Waals surface area contributed by atoms with E-state index in [9.17, 15) is 0 Å². The van der Waals surface area contributed by atoms with Crippen molar-refractivity contribution in [2.75, 3.05) is 23.7 Å². The molecule has 6 nitrogen and oxygen atoms in total. The van der Waals surface area contributed by atoms with E-state index < -0.39 is 0 Å². The third kappa shape index (κ3) is 2.25. The van der Waals surface area contributed by atoms with Crippen molar-refractivity contribution in [2.45, 2.75) is 13.3 Å². The second-order valence-electron chi connectivity index (χ2n) is 4.79. The van der Waals surface area contributed by atoms with Gasteiger partial charge in [0.05, 0.1) is 11.4 Å². The highest BCUT2D eigenvalue weighted by Crippen LogP contribution is 2.26. The molecule has 0 amide bonds. The molecule has 1 aliphatic rings. The fraction of sp³-hybridized carbons (Fsp3) is 0.385. The smallest absolute Gasteiger partial charge is 0.222 e. The maximum Gasteiger partial charge on any atom is 0.222 e. The van der Waals surface area contributed by atoms with Crippen molar-refractivity contribution in [3.8, 4) is 11.3 Å². The third-order valence-electron chi connectivity index (χ3n) is 3.30. The Labute approximate surface area is 112 Å². The summed E-state index contributed by atoms with van der Waals surface area (Å²) in [5, 5.41) is 4.34. The van der Waals surface area contributed by atoms with Crippen molar-refractivity contribution in [1.29, 1.82) is 0 Å². The number of hydrogen-bond acceptors (Lipinski definition) is 5. The Balaban J connectivity index is 2.04. The van der Waals surface area contributed by atoms with Gasteiger partial charge in [0.25, 0.3) is 0 Å². The van der Waals surface area contributed by atoms with Crippen LogP contribution in [-0.2, 0) is 7.05 Å². The zero-order valence-corrected chi connectivity index (χ0v) is 11.2. The molecule has 2 N–H and O–H groups in total. The first-order valence-corrected chi connectivity index (χ1v) is 6.35. The van der Waals surface area contributed by atoms with E-state index in [0.29, 0.717) is 5.95 Å². The molecule has 0 spiro atoms. The largest absolute Gasteiger partial charge is 0.368 e. The van der Waals surface area contributed by atoms with Crippen LogP contribution in [0, 0.1) is 13.3 Å². The Morgan fingerprint density at radius 2 is 2.16 bits per heavy atom. The molecule has 2 aromatic heterocycles. The molecular formula is C13H17N6. The number of aryl methyl sites for hydroxylation is 2. The summed E-state index contributed by atoms with van der Waals surface area (Å²) < 4.78 is 1.78. The Kier molecular flexibility index (Phi) is 2.85. The maximum absolute atomic E-state index is 5.83. The molecule has 99 valence electrons. The van der Waals surface area contributed by atoms with Gasteiger partial charge in [-0.05, 0) is 19.8 Å². The maximum atomic E-state index is 5.83. The Hall–Kier alpha value is -2.11. The van der Waals surface area contributed by atoms with Crippen LogP contribution in [0.1, 0.15) is 12.1 Å². The lowest BCUT2D eigenvalue weighted by atomic mass is 10.2. The molecule has 6 heteroatoms. The van der Waals surface area contributed by atoms with E-state index in [1.165, 1.54) is 0 Å². The summed E-state index contributed by atoms with van der Waals surface area (Å²) in [4.78, 5) is 10.9. The molecule has 0 unspecified atom stereocenters. The Morgan fingerprint density at radius 1 is 1.32 bits per heavy atom. The van der Waals surface area contributed by atoms with E-state index in [1.54, 1.807) is 4.68 Å². The molecule has 1 aliphatic heterocycles. The van der Waals surface area contributed by atoms with Gasteiger partial charge in [-0.15, -0.1) is 0 Å². The van der Waals surface area contributed by atoms with Gasteiger partial charge in [-0.1, -0.05) is 0 Å². The van der Waals surface area contributed by atoms with Crippen LogP contribution in [0.2, 0.25) is 0 Å². The van der Waals surface area contributed by atoms with Gasteiger partial charge in [-0.25, -0.2) is 4.98 Å². The topological polar surface area (TPSA) is 72.9 Å². The van der Waals surface area contributed by atoms with Crippen LogP contribution in [0.15, 0.2) is 12.3 Å². The van der Waals surface area contributed by atoms with E-state index in [0.717, 1.165) is 42.3 Å². The highest BCUT2D eigenvalue weighted by Gasteiger charge is 2.17. The summed E-state index contributed by atoms with van der Waals surface area (Å²) in [6.45, 7) is 3.88. The van der Waals surface area contributed by atoms with Gasteiger partial charge < -0.3 is 10.6 Å². The fourth-order valence-electron chi connectivity index (χ4n) is 2.40. The van der Waals surface area contributed by atoms with Gasteiger partial charge in [-0.3, -0.25) is 4.68 Å². The first-order valence-electron chi connectivity index (χ1n) is 6.35. The lowest BCUT2D eigenvalue weighted by molar-refractivity contribution is 0.756. The number of nitrogens with two attached hydrogens (primary N) is 1. The van der Waals surface area contributed by atoms with E-state index >= 15 is 0 Å². The van der Waals surface area contributed by atoms with Crippen molar-refractivity contribution in [3.63, 3.8) is 0 Å². The first kappa shape index (κ1) is 12.0. The molecule has 0 aromatic carbocycles. The van der Waals surface area contributed by atoms with Gasteiger partial charge in [0.15, 0.2) is 0 Å². The summed E-state index contributed by atoms with van der Waals surface area (Å²) in [5.41, 5.74) is 8.61. The van der Waals surface area contributed by atoms with Gasteiger partial charge in [0.1, 0.15) is 5.82 Å². The minimum absolute atomic E-state index is 0.308. The molecule has 3 heterocycles. The highest BCUT2D eigenvalue weighted by atomic mass is 15.3. The Morgan fingerprint density at radius 3 is 2.79 bits per heavy atom. The quantitative estimate of drug-likeness (QED) is 0.874. The zero-order valence-electron chi connectivity index (χ0n) is 11.2. The minimum atomic E-state index is 0.308. The van der Waals surface area contributed by atoms with Crippen LogP contribution in [0.5, 0.6) is 0 Å². The molecule has 0 atom stereocenters. The molecule has 1 saturated heterocycles. The molecule has 0 saturated carbocycles. The highest BCUT2D eigenvalue weighted by molar-refractivity contribution is 5.66. The van der Waals surface area contributed by atoms with Crippen LogP contribution < -0.4 is 10.6 Å². The van der Waals surface area contributed by atoms with Crippen molar-refractivity contribution in [3.05, 3.63) is 24.4 Å². The zero-order chi connectivity index (χ0) is 13.4. The van der Waals surface area contributed by atoms with E-state index in [1.807, 2.05) is 26.2 Å². The molecule has 1 fully saturated rings. The SMILES string of the molecule is Cc1nn(C)cc1-c1cc(N2C[CH]CC2)nc(N)n1. The van der Waals surface area contributed by atoms with Gasteiger partial charge in [0, 0.05) is 38.0 Å². The molecule has 3 rings (SSSR count). The van der Waals surface area contributed by atoms with E-state index in [2.05, 4.69) is 26.4 Å². The molecule has 0 aliphatic carbocycles. The molecule has 2 aromatic rings. The lowest BCUT2D eigenvalue weighted by Gasteiger charge is -2.17. The average Bonchev–Trinajstić information content (AvgIpc) is 2.98. The molecule has 19 heavy (non-hydrogen) atoms. The second-order valence-corrected chi connectivity index (χ2v) is 4.79. The lowest BCUT2D eigenvalue weighted by Crippen LogP contribution is -2.20. The first-order chi connectivity index (χ1) is 9.13. The average molecular weight is 257 g/mol. The molecule has 0 bridgehead atoms. The standard InChI is InChI=1S/C13H17N6/c1-9-10(8-18(2)17-9)11-7-12(16-13(14)15-11)19-5-3-4-6-19/h3,7-8H,4-6H2,1-2H3,(H2,14,15,16). The summed E-state index contributed by atoms with van der Waals surface area (Å²) in [7, 11) is 1.90. The number of hydrogen-bond donors (Lipinski definition) is 1. The van der Waals surface area contributed by atoms with Gasteiger partial charge >= 0.3 is 0 Å². The number of nitrogen functional groups attached to an aromatic ring is 1. The van der Waals surface area contributed by atoms with E-state index in [-0.39, 0.29) is 0 Å². The van der Waals surface area contributed by atoms with Crippen LogP contribution in [0.4, 0.5) is 11.8 Å². The summed E-state index contributed by atoms with van der Waals surface area (Å²) in [6.07, 6.45) is 5.29. The number of rotatable bonds is 2. The normalized spacial score (nSPS) is 15.2. The van der Waals surface area contributed by atoms with Crippen LogP contribution in [0.25, 0.3) is 11.3 Å². The predicted octanol–water partition coefficient (Wildman–Crippen LogP) is 1.18. The summed E-state index contributed by atoms with van der Waals surface area (Å²) in [5.74, 6) is 1.20. The fourth-order valence-corrected chi connectivity index (χ4v) is 2.40. The third-order valence-corrected chi connectivity index (χ3v) is 3.30. The number of nitrogens with zero attached hydrogens (tertiary/aromatic N) is 5. The van der Waals surface area contributed by atoms with Crippen LogP contribution in [-0.4, -0.2) is 32.8 Å². The molecular weight excluding hydrogens is 240 g/mol. The molecule has 1 radical (unpaired) electrons. The summed E-state index contributed by atoms with van der Waals surface area (Å²) in [6, 6.07) is 1.99. The van der Waals surface area contributed by atoms with Crippen molar-refractivity contribution < 1.29 is 0 Å². The minimum Gasteiger partial charge on any atom is -0.368 e. The second kappa shape index (κ2) is 4.53. The van der Waals surface area contributed by atoms with Crippen molar-refractivity contribution >= 4 is 11.8 Å². The summed E-state index contributed by atoms with van der Waals surface area (Å²) >= 11 is 0. The van der Waals surface area contributed by atoms with Crippen molar-refractivity contribution in [1.82, 2.24) is 19.7 Å². The van der Waals surface area contributed by atoms with Crippen LogP contribution >= 0.6 is 0 Å². The monoisotopic (exact) mass is 257 g/mol. The van der Waals surface area contributed by atoms with Crippen LogP contribution in [0.3, 0.4) is 0 Å². The van der Waals surface area contributed by atoms with E-state index in [4.69, 9.17) is 5.73 Å². The predicted molar refractivity (Wildman–Crippen MR) is 74.5 cm³/mol. The Bertz CT molecular complexity index is 597. The number of anilines is 2. The number of aromatic nitrogens is 4. The van der Waals surface area contributed by atoms with Crippen molar-refractivity contribution in [2.24, 2.45) is 7.05 Å². The van der Waals surface area contributed by atoms with Gasteiger partial charge in [0.2, 0.25) is 5.95 Å². The van der Waals surface area contributed by atoms with Gasteiger partial charge in [-0.2, -0.15) is 10.1 Å².